The number of carbonyl (C=O) groups is 1. The van der Waals surface area contributed by atoms with Gasteiger partial charge in [-0.15, -0.1) is 0 Å². The third-order valence-corrected chi connectivity index (χ3v) is 3.37. The van der Waals surface area contributed by atoms with Crippen LogP contribution in [0.3, 0.4) is 0 Å². The summed E-state index contributed by atoms with van der Waals surface area (Å²) < 4.78 is 1.66. The zero-order valence-corrected chi connectivity index (χ0v) is 12.2. The number of rotatable bonds is 7. The second-order valence-electron chi connectivity index (χ2n) is 4.98. The molecular weight excluding hydrogens is 270 g/mol. The average Bonchev–Trinajstić information content (AvgIpc) is 2.92. The number of hydrogen-bond donors (Lipinski definition) is 1. The number of aryl methyl sites for hydroxylation is 1. The van der Waals surface area contributed by atoms with Crippen LogP contribution in [-0.4, -0.2) is 42.8 Å². The van der Waals surface area contributed by atoms with Crippen molar-refractivity contribution in [3.63, 3.8) is 0 Å². The molecule has 0 fully saturated rings. The van der Waals surface area contributed by atoms with Crippen LogP contribution in [0.4, 0.5) is 0 Å². The highest BCUT2D eigenvalue weighted by Crippen LogP contribution is 2.17. The molecule has 2 aromatic heterocycles. The highest BCUT2D eigenvalue weighted by atomic mass is 16.4. The zero-order valence-electron chi connectivity index (χ0n) is 12.2. The van der Waals surface area contributed by atoms with Gasteiger partial charge in [0.05, 0.1) is 24.9 Å². The van der Waals surface area contributed by atoms with Crippen LogP contribution in [0.1, 0.15) is 30.6 Å². The molecule has 0 amide bonds. The van der Waals surface area contributed by atoms with Crippen LogP contribution in [0.5, 0.6) is 0 Å². The van der Waals surface area contributed by atoms with E-state index in [4.69, 9.17) is 5.11 Å². The minimum absolute atomic E-state index is 0.0777. The van der Waals surface area contributed by atoms with E-state index in [1.807, 2.05) is 19.3 Å². The number of aromatic nitrogens is 4. The largest absolute Gasteiger partial charge is 0.481 e. The topological polar surface area (TPSA) is 84.1 Å². The molecule has 0 radical (unpaired) electrons. The summed E-state index contributed by atoms with van der Waals surface area (Å²) in [5.74, 6) is -0.818. The maximum atomic E-state index is 10.5. The van der Waals surface area contributed by atoms with Crippen LogP contribution < -0.4 is 0 Å². The number of nitrogens with zero attached hydrogens (tertiary/aromatic N) is 5. The molecule has 0 bridgehead atoms. The Kier molecular flexibility index (Phi) is 4.99. The van der Waals surface area contributed by atoms with Gasteiger partial charge >= 0.3 is 5.97 Å². The molecule has 0 aromatic carbocycles. The lowest BCUT2D eigenvalue weighted by Gasteiger charge is -2.23. The number of hydrogen-bond acceptors (Lipinski definition) is 5. The fourth-order valence-electron chi connectivity index (χ4n) is 2.02. The minimum atomic E-state index is -0.818. The van der Waals surface area contributed by atoms with Gasteiger partial charge in [-0.1, -0.05) is 0 Å². The second kappa shape index (κ2) is 6.94. The molecule has 2 heterocycles. The van der Waals surface area contributed by atoms with Gasteiger partial charge in [0.2, 0.25) is 0 Å². The highest BCUT2D eigenvalue weighted by molar-refractivity contribution is 5.66. The molecule has 0 aliphatic rings. The Morgan fingerprint density at radius 2 is 2.33 bits per heavy atom. The SMILES string of the molecule is C[C@@H](c1ccncn1)N(C)Cc1cnn(CCC(=O)O)c1. The Morgan fingerprint density at radius 3 is 3.00 bits per heavy atom. The summed E-state index contributed by atoms with van der Waals surface area (Å²) in [6.07, 6.45) is 7.01. The highest BCUT2D eigenvalue weighted by Gasteiger charge is 2.14. The molecular formula is C14H19N5O2. The lowest BCUT2D eigenvalue weighted by molar-refractivity contribution is -0.137. The van der Waals surface area contributed by atoms with Gasteiger partial charge in [-0.25, -0.2) is 9.97 Å². The minimum Gasteiger partial charge on any atom is -0.481 e. The fraction of sp³-hybridized carbons (Fsp3) is 0.429. The van der Waals surface area contributed by atoms with Crippen LogP contribution in [0.15, 0.2) is 31.0 Å². The standard InChI is InChI=1S/C14H19N5O2/c1-11(13-3-5-15-10-16-13)18(2)8-12-7-17-19(9-12)6-4-14(20)21/h3,5,7,9-11H,4,6,8H2,1-2H3,(H,20,21)/t11-/m0/s1. The van der Waals surface area contributed by atoms with Gasteiger partial charge in [-0.2, -0.15) is 5.10 Å². The Balaban J connectivity index is 1.93. The second-order valence-corrected chi connectivity index (χ2v) is 4.98. The smallest absolute Gasteiger partial charge is 0.305 e. The van der Waals surface area contributed by atoms with Gasteiger partial charge in [0, 0.05) is 30.5 Å². The van der Waals surface area contributed by atoms with Crippen molar-refractivity contribution in [2.45, 2.75) is 32.5 Å². The monoisotopic (exact) mass is 289 g/mol. The van der Waals surface area contributed by atoms with E-state index in [-0.39, 0.29) is 12.5 Å². The number of carboxylic acids is 1. The van der Waals surface area contributed by atoms with E-state index < -0.39 is 5.97 Å². The van der Waals surface area contributed by atoms with Gasteiger partial charge in [0.15, 0.2) is 0 Å². The van der Waals surface area contributed by atoms with E-state index in [9.17, 15) is 4.79 Å². The van der Waals surface area contributed by atoms with Gasteiger partial charge in [0.25, 0.3) is 0 Å². The molecule has 2 aromatic rings. The molecule has 0 saturated carbocycles. The molecule has 21 heavy (non-hydrogen) atoms. The molecule has 112 valence electrons. The van der Waals surface area contributed by atoms with Crippen molar-refractivity contribution < 1.29 is 9.90 Å². The van der Waals surface area contributed by atoms with Gasteiger partial charge in [0.1, 0.15) is 6.33 Å². The van der Waals surface area contributed by atoms with Gasteiger partial charge in [-0.05, 0) is 20.0 Å². The fourth-order valence-corrected chi connectivity index (χ4v) is 2.02. The number of aliphatic carboxylic acids is 1. The van der Waals surface area contributed by atoms with E-state index in [0.29, 0.717) is 6.54 Å². The van der Waals surface area contributed by atoms with E-state index in [1.54, 1.807) is 23.4 Å². The predicted molar refractivity (Wildman–Crippen MR) is 76.4 cm³/mol. The summed E-state index contributed by atoms with van der Waals surface area (Å²) in [5, 5.41) is 12.8. The van der Waals surface area contributed by atoms with Crippen molar-refractivity contribution in [1.82, 2.24) is 24.6 Å². The van der Waals surface area contributed by atoms with Crippen LogP contribution in [0.2, 0.25) is 0 Å². The Labute approximate surface area is 123 Å². The number of carboxylic acid groups (broad SMARTS) is 1. The average molecular weight is 289 g/mol. The van der Waals surface area contributed by atoms with Gasteiger partial charge in [-0.3, -0.25) is 14.4 Å². The lowest BCUT2D eigenvalue weighted by atomic mass is 10.2. The first kappa shape index (κ1) is 15.1. The third-order valence-electron chi connectivity index (χ3n) is 3.37. The van der Waals surface area contributed by atoms with Crippen LogP contribution in [0, 0.1) is 0 Å². The summed E-state index contributed by atoms with van der Waals surface area (Å²) in [5.41, 5.74) is 2.01. The van der Waals surface area contributed by atoms with Crippen molar-refractivity contribution in [2.75, 3.05) is 7.05 Å². The van der Waals surface area contributed by atoms with Crippen molar-refractivity contribution in [3.05, 3.63) is 42.2 Å². The Morgan fingerprint density at radius 1 is 1.52 bits per heavy atom. The molecule has 7 heteroatoms. The van der Waals surface area contributed by atoms with Gasteiger partial charge < -0.3 is 5.11 Å². The molecule has 0 aliphatic carbocycles. The maximum Gasteiger partial charge on any atom is 0.305 e. The van der Waals surface area contributed by atoms with Crippen molar-refractivity contribution >= 4 is 5.97 Å². The van der Waals surface area contributed by atoms with Crippen molar-refractivity contribution in [2.24, 2.45) is 0 Å². The third kappa shape index (κ3) is 4.35. The first-order valence-electron chi connectivity index (χ1n) is 6.75. The first-order chi connectivity index (χ1) is 10.1. The normalized spacial score (nSPS) is 12.5. The molecule has 0 unspecified atom stereocenters. The maximum absolute atomic E-state index is 10.5. The first-order valence-corrected chi connectivity index (χ1v) is 6.75. The predicted octanol–water partition coefficient (Wildman–Crippen LogP) is 1.34. The molecule has 2 rings (SSSR count). The van der Waals surface area contributed by atoms with E-state index in [0.717, 1.165) is 17.8 Å². The molecule has 0 spiro atoms. The summed E-state index contributed by atoms with van der Waals surface area (Å²) in [6.45, 7) is 3.19. The lowest BCUT2D eigenvalue weighted by Crippen LogP contribution is -2.22. The molecule has 7 nitrogen and oxygen atoms in total. The van der Waals surface area contributed by atoms with E-state index in [2.05, 4.69) is 26.9 Å². The van der Waals surface area contributed by atoms with Crippen LogP contribution in [0.25, 0.3) is 0 Å². The summed E-state index contributed by atoms with van der Waals surface area (Å²) in [4.78, 5) is 20.9. The quantitative estimate of drug-likeness (QED) is 0.828. The van der Waals surface area contributed by atoms with Crippen molar-refractivity contribution in [1.29, 1.82) is 0 Å². The van der Waals surface area contributed by atoms with E-state index >= 15 is 0 Å². The van der Waals surface area contributed by atoms with Crippen LogP contribution >= 0.6 is 0 Å². The molecule has 0 saturated heterocycles. The molecule has 1 N–H and O–H groups in total. The van der Waals surface area contributed by atoms with Crippen molar-refractivity contribution in [3.8, 4) is 0 Å². The summed E-state index contributed by atoms with van der Waals surface area (Å²) in [6, 6.07) is 2.06. The summed E-state index contributed by atoms with van der Waals surface area (Å²) in [7, 11) is 2.02. The van der Waals surface area contributed by atoms with Crippen LogP contribution in [-0.2, 0) is 17.9 Å². The van der Waals surface area contributed by atoms with E-state index in [1.165, 1.54) is 0 Å². The molecule has 0 aliphatic heterocycles. The molecule has 1 atom stereocenters. The Bertz CT molecular complexity index is 584. The Hall–Kier alpha value is -2.28. The summed E-state index contributed by atoms with van der Waals surface area (Å²) >= 11 is 0. The zero-order chi connectivity index (χ0) is 15.2.